The second kappa shape index (κ2) is 16.6. The van der Waals surface area contributed by atoms with Crippen molar-refractivity contribution in [3.63, 3.8) is 0 Å². The molecule has 10 heteroatoms. The van der Waals surface area contributed by atoms with E-state index in [0.29, 0.717) is 23.2 Å². The molecule has 3 heterocycles. The van der Waals surface area contributed by atoms with Gasteiger partial charge in [-0.2, -0.15) is 23.7 Å². The van der Waals surface area contributed by atoms with E-state index in [2.05, 4.69) is 71.3 Å². The number of hydrogen-bond donors (Lipinski definition) is 0. The molecule has 0 spiro atoms. The van der Waals surface area contributed by atoms with Crippen molar-refractivity contribution < 1.29 is 13.2 Å². The van der Waals surface area contributed by atoms with E-state index >= 15 is 0 Å². The fourth-order valence-corrected chi connectivity index (χ4v) is 9.71. The topological polar surface area (TPSA) is 96.1 Å². The van der Waals surface area contributed by atoms with Crippen LogP contribution in [0.5, 0.6) is 0 Å². The lowest BCUT2D eigenvalue weighted by molar-refractivity contribution is -0.137. The first-order valence-corrected chi connectivity index (χ1v) is 22.5. The fourth-order valence-electron chi connectivity index (χ4n) is 9.71. The molecule has 7 nitrogen and oxygen atoms in total. The predicted octanol–water partition coefficient (Wildman–Crippen LogP) is 15.2. The Bertz CT molecular complexity index is 4030. The molecule has 0 atom stereocenters. The lowest BCUT2D eigenvalue weighted by atomic mass is 9.94. The number of aromatic nitrogens is 5. The van der Waals surface area contributed by atoms with Crippen LogP contribution in [0.25, 0.3) is 111 Å². The van der Waals surface area contributed by atoms with Gasteiger partial charge in [0.25, 0.3) is 0 Å². The number of benzene rings is 9. The minimum absolute atomic E-state index is 0.117. The summed E-state index contributed by atoms with van der Waals surface area (Å²) in [7, 11) is 0. The number of hydrogen-bond acceptors (Lipinski definition) is 5. The Kier molecular flexibility index (Phi) is 9.90. The Morgan fingerprint density at radius 2 is 0.800 bits per heavy atom. The molecule has 0 amide bonds. The van der Waals surface area contributed by atoms with Crippen LogP contribution in [0.2, 0.25) is 0 Å². The molecule has 0 unspecified atom stereocenters. The van der Waals surface area contributed by atoms with E-state index in [4.69, 9.17) is 15.0 Å². The summed E-state index contributed by atoms with van der Waals surface area (Å²) < 4.78 is 48.6. The van der Waals surface area contributed by atoms with Crippen LogP contribution in [0.1, 0.15) is 16.7 Å². The highest BCUT2D eigenvalue weighted by Crippen LogP contribution is 2.44. The lowest BCUT2D eigenvalue weighted by Crippen LogP contribution is -2.09. The van der Waals surface area contributed by atoms with Gasteiger partial charge in [-0.1, -0.05) is 133 Å². The second-order valence-electron chi connectivity index (χ2n) is 16.9. The molecular formula is C60H34F3N7. The molecule has 12 rings (SSSR count). The summed E-state index contributed by atoms with van der Waals surface area (Å²) in [6.07, 6.45) is -4.78. The molecule has 3 aromatic heterocycles. The molecule has 0 N–H and O–H groups in total. The van der Waals surface area contributed by atoms with Crippen LogP contribution in [-0.2, 0) is 6.18 Å². The Morgan fingerprint density at radius 1 is 0.357 bits per heavy atom. The smallest absolute Gasteiger partial charge is 0.309 e. The van der Waals surface area contributed by atoms with Crippen molar-refractivity contribution in [3.05, 3.63) is 223 Å². The van der Waals surface area contributed by atoms with Crippen LogP contribution in [0, 0.1) is 22.7 Å². The zero-order chi connectivity index (χ0) is 47.5. The third kappa shape index (κ3) is 7.02. The van der Waals surface area contributed by atoms with Crippen molar-refractivity contribution in [2.45, 2.75) is 6.18 Å². The van der Waals surface area contributed by atoms with Gasteiger partial charge in [0.1, 0.15) is 0 Å². The van der Waals surface area contributed by atoms with E-state index in [1.165, 1.54) is 18.2 Å². The van der Waals surface area contributed by atoms with Crippen molar-refractivity contribution in [1.29, 1.82) is 10.5 Å². The Hall–Kier alpha value is -9.64. The number of halogens is 3. The standard InChI is InChI=1S/C60H34F3N7/c61-60(62,63)50-32-38(36-65)23-27-43(50)47-31-37(35-64)24-28-54(47)70-53-22-12-9-19-46(53)48-33-41(25-29-55(48)70)42-26-30-56(69-51-20-10-7-17-44(51)45-18-8-11-21-52(45)69)49(34-42)59-67-57(39-13-3-1-4-14-39)66-58(68-59)40-15-5-2-6-16-40/h1-34H. The molecule has 12 aromatic rings. The van der Waals surface area contributed by atoms with Gasteiger partial charge in [0, 0.05) is 43.8 Å². The van der Waals surface area contributed by atoms with Gasteiger partial charge in [0.05, 0.1) is 62.3 Å². The molecule has 0 saturated heterocycles. The SMILES string of the molecule is N#Cc1ccc(-n2c3ccccc3c3cc(-c4ccc(-n5c6ccccc6c6ccccc65)c(-c5nc(-c6ccccc6)nc(-c6ccccc6)n5)c4)ccc32)c(-c2ccc(C#N)cc2C(F)(F)F)c1. The van der Waals surface area contributed by atoms with Gasteiger partial charge in [-0.25, -0.2) is 15.0 Å². The van der Waals surface area contributed by atoms with E-state index in [1.54, 1.807) is 12.1 Å². The maximum atomic E-state index is 14.8. The first kappa shape index (κ1) is 41.8. The molecule has 9 aromatic carbocycles. The van der Waals surface area contributed by atoms with Gasteiger partial charge >= 0.3 is 6.18 Å². The van der Waals surface area contributed by atoms with E-state index in [1.807, 2.05) is 120 Å². The zero-order valence-corrected chi connectivity index (χ0v) is 36.9. The zero-order valence-electron chi connectivity index (χ0n) is 36.9. The molecule has 70 heavy (non-hydrogen) atoms. The number of fused-ring (bicyclic) bond motifs is 6. The van der Waals surface area contributed by atoms with Crippen LogP contribution >= 0.6 is 0 Å². The normalized spacial score (nSPS) is 11.6. The van der Waals surface area contributed by atoms with Gasteiger partial charge in [-0.3, -0.25) is 0 Å². The highest BCUT2D eigenvalue weighted by atomic mass is 19.4. The summed E-state index contributed by atoms with van der Waals surface area (Å²) in [5, 5.41) is 23.5. The Balaban J connectivity index is 1.10. The van der Waals surface area contributed by atoms with E-state index in [9.17, 15) is 23.7 Å². The van der Waals surface area contributed by atoms with Crippen LogP contribution in [-0.4, -0.2) is 24.1 Å². The summed E-state index contributed by atoms with van der Waals surface area (Å²) in [6.45, 7) is 0. The van der Waals surface area contributed by atoms with Gasteiger partial charge < -0.3 is 9.13 Å². The molecular weight excluding hydrogens is 876 g/mol. The number of alkyl halides is 3. The van der Waals surface area contributed by atoms with Crippen molar-refractivity contribution in [2.75, 3.05) is 0 Å². The third-order valence-electron chi connectivity index (χ3n) is 12.9. The van der Waals surface area contributed by atoms with Gasteiger partial charge in [-0.15, -0.1) is 0 Å². The quantitative estimate of drug-likeness (QED) is 0.159. The van der Waals surface area contributed by atoms with Crippen molar-refractivity contribution in [1.82, 2.24) is 24.1 Å². The summed E-state index contributed by atoms with van der Waals surface area (Å²) >= 11 is 0. The predicted molar refractivity (Wildman–Crippen MR) is 270 cm³/mol. The van der Waals surface area contributed by atoms with E-state index in [0.717, 1.165) is 83.2 Å². The summed E-state index contributed by atoms with van der Waals surface area (Å²) in [6, 6.07) is 68.9. The largest absolute Gasteiger partial charge is 0.417 e. The summed E-state index contributed by atoms with van der Waals surface area (Å²) in [5.74, 6) is 1.55. The average molecular weight is 910 g/mol. The minimum Gasteiger partial charge on any atom is -0.309 e. The monoisotopic (exact) mass is 909 g/mol. The first-order chi connectivity index (χ1) is 34.2. The maximum Gasteiger partial charge on any atom is 0.417 e. The molecule has 0 aliphatic carbocycles. The minimum atomic E-state index is -4.78. The van der Waals surface area contributed by atoms with Crippen LogP contribution in [0.3, 0.4) is 0 Å². The van der Waals surface area contributed by atoms with Crippen LogP contribution in [0.4, 0.5) is 13.2 Å². The number of nitriles is 2. The molecule has 0 aliphatic heterocycles. The lowest BCUT2D eigenvalue weighted by Gasteiger charge is -2.19. The fraction of sp³-hybridized carbons (Fsp3) is 0.0167. The molecule has 0 bridgehead atoms. The Morgan fingerprint density at radius 3 is 1.37 bits per heavy atom. The molecule has 0 fully saturated rings. The van der Waals surface area contributed by atoms with Gasteiger partial charge in [0.15, 0.2) is 17.5 Å². The molecule has 0 saturated carbocycles. The van der Waals surface area contributed by atoms with Crippen molar-refractivity contribution >= 4 is 43.6 Å². The number of para-hydroxylation sites is 3. The van der Waals surface area contributed by atoms with Crippen LogP contribution < -0.4 is 0 Å². The molecule has 330 valence electrons. The number of rotatable bonds is 7. The molecule has 0 radical (unpaired) electrons. The van der Waals surface area contributed by atoms with Gasteiger partial charge in [-0.05, 0) is 89.5 Å². The van der Waals surface area contributed by atoms with Gasteiger partial charge in [0.2, 0.25) is 0 Å². The third-order valence-corrected chi connectivity index (χ3v) is 12.9. The maximum absolute atomic E-state index is 14.8. The van der Waals surface area contributed by atoms with E-state index in [-0.39, 0.29) is 22.3 Å². The highest BCUT2D eigenvalue weighted by molar-refractivity contribution is 6.12. The second-order valence-corrected chi connectivity index (χ2v) is 16.9. The first-order valence-electron chi connectivity index (χ1n) is 22.5. The molecule has 0 aliphatic rings. The highest BCUT2D eigenvalue weighted by Gasteiger charge is 2.35. The van der Waals surface area contributed by atoms with Crippen molar-refractivity contribution in [2.24, 2.45) is 0 Å². The van der Waals surface area contributed by atoms with Crippen LogP contribution in [0.15, 0.2) is 206 Å². The van der Waals surface area contributed by atoms with Crippen molar-refractivity contribution in [3.8, 4) is 79.9 Å². The average Bonchev–Trinajstić information content (AvgIpc) is 3.93. The summed E-state index contributed by atoms with van der Waals surface area (Å²) in [4.78, 5) is 15.5. The van der Waals surface area contributed by atoms with E-state index < -0.39 is 11.7 Å². The number of nitrogens with zero attached hydrogens (tertiary/aromatic N) is 7. The Labute approximate surface area is 398 Å². The summed E-state index contributed by atoms with van der Waals surface area (Å²) in [5.41, 5.74) is 8.30.